The average Bonchev–Trinajstić information content (AvgIpc) is 2.60. The van der Waals surface area contributed by atoms with Gasteiger partial charge in [-0.25, -0.2) is 8.42 Å². The molecular formula is C21H27NO6S. The van der Waals surface area contributed by atoms with E-state index in [9.17, 15) is 13.2 Å². The first-order valence-corrected chi connectivity index (χ1v) is 10.7. The summed E-state index contributed by atoms with van der Waals surface area (Å²) in [6.45, 7) is 7.92. The lowest BCUT2D eigenvalue weighted by molar-refractivity contribution is -0.170. The lowest BCUT2D eigenvalue weighted by Crippen LogP contribution is -2.40. The Balaban J connectivity index is 2.20. The fraction of sp³-hybridized carbons (Fsp3) is 0.381. The standard InChI is InChI=1S/C21H27NO6S/c1-16(2)28-22(15-20(23)27-21(3,4)5)29(24,25)19-13-11-18(12-14-19)26-17-9-7-6-8-10-17/h6-14,16H,15H2,1-5H3. The molecule has 0 aromatic heterocycles. The molecule has 0 atom stereocenters. The SMILES string of the molecule is CC(C)ON(CC(=O)OC(C)(C)C)S(=O)(=O)c1ccc(Oc2ccccc2)cc1. The molecule has 0 aliphatic rings. The third-order valence-electron chi connectivity index (χ3n) is 3.38. The van der Waals surface area contributed by atoms with Crippen molar-refractivity contribution in [3.63, 3.8) is 0 Å². The van der Waals surface area contributed by atoms with Gasteiger partial charge in [-0.3, -0.25) is 9.63 Å². The predicted octanol–water partition coefficient (Wildman–Crippen LogP) is 4.15. The fourth-order valence-corrected chi connectivity index (χ4v) is 3.59. The summed E-state index contributed by atoms with van der Waals surface area (Å²) in [5, 5.41) is 0. The smallest absolute Gasteiger partial charge is 0.324 e. The van der Waals surface area contributed by atoms with Crippen LogP contribution in [0.25, 0.3) is 0 Å². The maximum Gasteiger partial charge on any atom is 0.324 e. The number of hydrogen-bond acceptors (Lipinski definition) is 6. The summed E-state index contributed by atoms with van der Waals surface area (Å²) in [5.74, 6) is 0.419. The van der Waals surface area contributed by atoms with Gasteiger partial charge < -0.3 is 9.47 Å². The van der Waals surface area contributed by atoms with E-state index in [1.165, 1.54) is 12.1 Å². The normalized spacial score (nSPS) is 12.2. The number of ether oxygens (including phenoxy) is 2. The highest BCUT2D eigenvalue weighted by Gasteiger charge is 2.31. The van der Waals surface area contributed by atoms with E-state index in [1.54, 1.807) is 58.9 Å². The van der Waals surface area contributed by atoms with Crippen LogP contribution in [0.4, 0.5) is 0 Å². The Hall–Kier alpha value is -2.42. The number of hydroxylamine groups is 1. The van der Waals surface area contributed by atoms with Crippen molar-refractivity contribution in [2.24, 2.45) is 0 Å². The second kappa shape index (κ2) is 9.39. The van der Waals surface area contributed by atoms with Gasteiger partial charge >= 0.3 is 5.97 Å². The molecule has 2 aromatic rings. The minimum absolute atomic E-state index is 0.0258. The Morgan fingerprint density at radius 3 is 2.03 bits per heavy atom. The lowest BCUT2D eigenvalue weighted by Gasteiger charge is -2.25. The van der Waals surface area contributed by atoms with Crippen LogP contribution in [0.1, 0.15) is 34.6 Å². The third-order valence-corrected chi connectivity index (χ3v) is 4.99. The van der Waals surface area contributed by atoms with Crippen LogP contribution in [-0.4, -0.2) is 37.1 Å². The van der Waals surface area contributed by atoms with Gasteiger partial charge in [0, 0.05) is 0 Å². The highest BCUT2D eigenvalue weighted by atomic mass is 32.2. The maximum atomic E-state index is 13.0. The van der Waals surface area contributed by atoms with Crippen molar-refractivity contribution >= 4 is 16.0 Å². The molecule has 0 aliphatic carbocycles. The minimum atomic E-state index is -4.08. The second-order valence-corrected chi connectivity index (χ2v) is 9.42. The highest BCUT2D eigenvalue weighted by Crippen LogP contribution is 2.24. The Kier molecular flexibility index (Phi) is 7.40. The molecule has 29 heavy (non-hydrogen) atoms. The zero-order valence-corrected chi connectivity index (χ0v) is 18.1. The van der Waals surface area contributed by atoms with Crippen molar-refractivity contribution in [2.75, 3.05) is 6.54 Å². The molecular weight excluding hydrogens is 394 g/mol. The van der Waals surface area contributed by atoms with E-state index in [2.05, 4.69) is 0 Å². The second-order valence-electron chi connectivity index (χ2n) is 7.59. The molecule has 0 N–H and O–H groups in total. The quantitative estimate of drug-likeness (QED) is 0.470. The first-order valence-electron chi connectivity index (χ1n) is 9.22. The van der Waals surface area contributed by atoms with Crippen LogP contribution in [0.3, 0.4) is 0 Å². The molecule has 0 unspecified atom stereocenters. The number of esters is 1. The van der Waals surface area contributed by atoms with E-state index >= 15 is 0 Å². The number of carbonyl (C=O) groups excluding carboxylic acids is 1. The van der Waals surface area contributed by atoms with E-state index < -0.39 is 34.2 Å². The molecule has 0 heterocycles. The third kappa shape index (κ3) is 7.16. The van der Waals surface area contributed by atoms with Gasteiger partial charge in [0.15, 0.2) is 0 Å². The van der Waals surface area contributed by atoms with Crippen molar-refractivity contribution < 1.29 is 27.5 Å². The van der Waals surface area contributed by atoms with Crippen molar-refractivity contribution in [3.8, 4) is 11.5 Å². The number of sulfonamides is 1. The zero-order chi connectivity index (χ0) is 21.7. The Morgan fingerprint density at radius 1 is 0.966 bits per heavy atom. The van der Waals surface area contributed by atoms with Crippen molar-refractivity contribution in [2.45, 2.75) is 51.2 Å². The molecule has 0 amide bonds. The van der Waals surface area contributed by atoms with Crippen LogP contribution in [0.2, 0.25) is 0 Å². The van der Waals surface area contributed by atoms with E-state index in [1.807, 2.05) is 18.2 Å². The molecule has 0 spiro atoms. The zero-order valence-electron chi connectivity index (χ0n) is 17.3. The molecule has 0 bridgehead atoms. The summed E-state index contributed by atoms with van der Waals surface area (Å²) >= 11 is 0. The molecule has 0 aliphatic heterocycles. The molecule has 7 nitrogen and oxygen atoms in total. The summed E-state index contributed by atoms with van der Waals surface area (Å²) in [5.41, 5.74) is -0.735. The summed E-state index contributed by atoms with van der Waals surface area (Å²) in [6.07, 6.45) is -0.451. The van der Waals surface area contributed by atoms with Crippen LogP contribution >= 0.6 is 0 Å². The highest BCUT2D eigenvalue weighted by molar-refractivity contribution is 7.89. The molecule has 158 valence electrons. The van der Waals surface area contributed by atoms with Crippen molar-refractivity contribution in [3.05, 3.63) is 54.6 Å². The maximum absolute atomic E-state index is 13.0. The van der Waals surface area contributed by atoms with Crippen molar-refractivity contribution in [1.82, 2.24) is 4.47 Å². The van der Waals surface area contributed by atoms with Gasteiger partial charge in [0.25, 0.3) is 10.0 Å². The van der Waals surface area contributed by atoms with Crippen molar-refractivity contribution in [1.29, 1.82) is 0 Å². The molecule has 0 fully saturated rings. The molecule has 0 saturated heterocycles. The molecule has 2 rings (SSSR count). The van der Waals surface area contributed by atoms with E-state index in [4.69, 9.17) is 14.3 Å². The van der Waals surface area contributed by atoms with E-state index in [0.29, 0.717) is 16.0 Å². The minimum Gasteiger partial charge on any atom is -0.459 e. The first kappa shape index (κ1) is 22.9. The summed E-state index contributed by atoms with van der Waals surface area (Å²) < 4.78 is 37.5. The first-order chi connectivity index (χ1) is 13.5. The van der Waals surface area contributed by atoms with Gasteiger partial charge in [0.1, 0.15) is 23.6 Å². The Bertz CT molecular complexity index is 902. The number of para-hydroxylation sites is 1. The van der Waals surface area contributed by atoms with Crippen LogP contribution < -0.4 is 4.74 Å². The lowest BCUT2D eigenvalue weighted by atomic mass is 10.2. The molecule has 0 saturated carbocycles. The largest absolute Gasteiger partial charge is 0.459 e. The average molecular weight is 422 g/mol. The monoisotopic (exact) mass is 421 g/mol. The molecule has 8 heteroatoms. The topological polar surface area (TPSA) is 82.1 Å². The number of benzene rings is 2. The van der Waals surface area contributed by atoms with Crippen LogP contribution in [0.15, 0.2) is 59.5 Å². The molecule has 2 aromatic carbocycles. The summed E-state index contributed by atoms with van der Waals surface area (Å²) in [7, 11) is -4.08. The van der Waals surface area contributed by atoms with Gasteiger partial charge in [-0.05, 0) is 71.0 Å². The van der Waals surface area contributed by atoms with Crippen LogP contribution in [-0.2, 0) is 24.4 Å². The fourth-order valence-electron chi connectivity index (χ4n) is 2.32. The summed E-state index contributed by atoms with van der Waals surface area (Å²) in [6, 6.07) is 15.0. The number of nitrogens with zero attached hydrogens (tertiary/aromatic N) is 1. The number of carbonyl (C=O) groups is 1. The van der Waals surface area contributed by atoms with E-state index in [-0.39, 0.29) is 4.90 Å². The Morgan fingerprint density at radius 2 is 1.52 bits per heavy atom. The molecule has 0 radical (unpaired) electrons. The number of hydrogen-bond donors (Lipinski definition) is 0. The van der Waals surface area contributed by atoms with Gasteiger partial charge in [-0.1, -0.05) is 22.7 Å². The van der Waals surface area contributed by atoms with Crippen LogP contribution in [0.5, 0.6) is 11.5 Å². The van der Waals surface area contributed by atoms with E-state index in [0.717, 1.165) is 0 Å². The summed E-state index contributed by atoms with van der Waals surface area (Å²) in [4.78, 5) is 17.5. The van der Waals surface area contributed by atoms with Gasteiger partial charge in [0.2, 0.25) is 0 Å². The van der Waals surface area contributed by atoms with Gasteiger partial charge in [-0.15, -0.1) is 0 Å². The number of rotatable bonds is 8. The van der Waals surface area contributed by atoms with Crippen LogP contribution in [0, 0.1) is 0 Å². The predicted molar refractivity (Wildman–Crippen MR) is 109 cm³/mol. The Labute approximate surface area is 172 Å². The van der Waals surface area contributed by atoms with Gasteiger partial charge in [-0.2, -0.15) is 0 Å². The van der Waals surface area contributed by atoms with Gasteiger partial charge in [0.05, 0.1) is 11.0 Å².